The Kier molecular flexibility index (Phi) is 5.63. The lowest BCUT2D eigenvalue weighted by Gasteiger charge is -2.00. The smallest absolute Gasteiger partial charge is 0.264 e. The van der Waals surface area contributed by atoms with Crippen LogP contribution in [-0.2, 0) is 4.79 Å². The lowest BCUT2D eigenvalue weighted by Crippen LogP contribution is -2.19. The van der Waals surface area contributed by atoms with Crippen molar-refractivity contribution in [1.29, 1.82) is 0 Å². The molecule has 6 heteroatoms. The van der Waals surface area contributed by atoms with Crippen molar-refractivity contribution in [3.8, 4) is 0 Å². The topological polar surface area (TPSA) is 41.5 Å². The van der Waals surface area contributed by atoms with Gasteiger partial charge in [0.05, 0.1) is 20.6 Å². The number of benzene rings is 2. The van der Waals surface area contributed by atoms with Gasteiger partial charge < -0.3 is 5.32 Å². The highest BCUT2D eigenvalue weighted by Crippen LogP contribution is 2.34. The van der Waals surface area contributed by atoms with Crippen molar-refractivity contribution < 1.29 is 4.79 Å². The average molecular weight is 389 g/mol. The van der Waals surface area contributed by atoms with Gasteiger partial charge in [-0.15, -0.1) is 0 Å². The number of carbonyl (C=O) groups excluding carboxylic acids is 1. The Morgan fingerprint density at radius 3 is 2.64 bits per heavy atom. The number of thioether (sulfide) groups is 1. The van der Waals surface area contributed by atoms with Gasteiger partial charge in [0.1, 0.15) is 0 Å². The minimum Gasteiger partial charge on any atom is -0.300 e. The van der Waals surface area contributed by atoms with Crippen LogP contribution >= 0.6 is 35.0 Å². The van der Waals surface area contributed by atoms with Gasteiger partial charge in [-0.1, -0.05) is 65.7 Å². The number of amides is 1. The van der Waals surface area contributed by atoms with E-state index in [0.29, 0.717) is 25.8 Å². The van der Waals surface area contributed by atoms with E-state index in [4.69, 9.17) is 23.2 Å². The maximum atomic E-state index is 12.1. The van der Waals surface area contributed by atoms with Crippen LogP contribution in [0.2, 0.25) is 10.0 Å². The van der Waals surface area contributed by atoms with Crippen LogP contribution in [0.1, 0.15) is 12.5 Å². The summed E-state index contributed by atoms with van der Waals surface area (Å²) in [6.45, 7) is 1.96. The van der Waals surface area contributed by atoms with Gasteiger partial charge >= 0.3 is 0 Å². The summed E-state index contributed by atoms with van der Waals surface area (Å²) in [5, 5.41) is 4.02. The van der Waals surface area contributed by atoms with Gasteiger partial charge in [-0.2, -0.15) is 0 Å². The van der Waals surface area contributed by atoms with Crippen LogP contribution in [0.25, 0.3) is 6.08 Å². The van der Waals surface area contributed by atoms with E-state index in [1.165, 1.54) is 11.8 Å². The van der Waals surface area contributed by atoms with Crippen molar-refractivity contribution in [2.24, 2.45) is 4.99 Å². The van der Waals surface area contributed by atoms with Crippen LogP contribution in [0.4, 0.5) is 5.69 Å². The Morgan fingerprint density at radius 2 is 1.88 bits per heavy atom. The predicted molar refractivity (Wildman–Crippen MR) is 107 cm³/mol. The third kappa shape index (κ3) is 4.54. The molecule has 0 bridgehead atoms. The highest BCUT2D eigenvalue weighted by molar-refractivity contribution is 8.18. The second-order valence-corrected chi connectivity index (χ2v) is 7.17. The van der Waals surface area contributed by atoms with E-state index < -0.39 is 0 Å². The first-order valence-electron chi connectivity index (χ1n) is 7.50. The first kappa shape index (κ1) is 17.8. The molecule has 0 aromatic heterocycles. The van der Waals surface area contributed by atoms with E-state index in [-0.39, 0.29) is 5.91 Å². The van der Waals surface area contributed by atoms with Crippen LogP contribution < -0.4 is 5.32 Å². The quantitative estimate of drug-likeness (QED) is 0.671. The molecule has 1 heterocycles. The second-order valence-electron chi connectivity index (χ2n) is 5.35. The molecule has 25 heavy (non-hydrogen) atoms. The molecule has 3 rings (SSSR count). The average Bonchev–Trinajstić information content (AvgIpc) is 2.92. The van der Waals surface area contributed by atoms with Gasteiger partial charge in [0.25, 0.3) is 5.91 Å². The lowest BCUT2D eigenvalue weighted by molar-refractivity contribution is -0.115. The Labute approximate surface area is 160 Å². The molecular weight excluding hydrogens is 375 g/mol. The monoisotopic (exact) mass is 388 g/mol. The van der Waals surface area contributed by atoms with Crippen LogP contribution in [0.5, 0.6) is 0 Å². The van der Waals surface area contributed by atoms with E-state index in [1.54, 1.807) is 18.2 Å². The van der Waals surface area contributed by atoms with Crippen LogP contribution in [0.15, 0.2) is 70.1 Å². The number of amidine groups is 1. The summed E-state index contributed by atoms with van der Waals surface area (Å²) in [5.41, 5.74) is 2.58. The molecule has 0 unspecified atom stereocenters. The molecule has 1 amide bonds. The molecular formula is C19H14Cl2N2OS. The molecule has 2 aromatic rings. The fourth-order valence-corrected chi connectivity index (χ4v) is 3.45. The predicted octanol–water partition coefficient (Wildman–Crippen LogP) is 5.83. The second kappa shape index (κ2) is 7.91. The fraction of sp³-hybridized carbons (Fsp3) is 0.0526. The van der Waals surface area contributed by atoms with Gasteiger partial charge in [0.15, 0.2) is 5.17 Å². The standard InChI is InChI=1S/C19H14Cl2N2OS/c1-12(10-13-6-3-2-4-7-13)11-16-18(24)23-19(25-16)22-15-9-5-8-14(20)17(15)21/h2-11H,1H3,(H,22,23,24)/b12-10-,16-11-. The van der Waals surface area contributed by atoms with Gasteiger partial charge in [0, 0.05) is 0 Å². The minimum absolute atomic E-state index is 0.178. The maximum absolute atomic E-state index is 12.1. The minimum atomic E-state index is -0.178. The molecule has 1 saturated heterocycles. The summed E-state index contributed by atoms with van der Waals surface area (Å²) >= 11 is 13.4. The molecule has 3 nitrogen and oxygen atoms in total. The molecule has 0 saturated carbocycles. The normalized spacial score (nSPS) is 18.0. The van der Waals surface area contributed by atoms with Crippen molar-refractivity contribution in [2.75, 3.05) is 0 Å². The van der Waals surface area contributed by atoms with Crippen molar-refractivity contribution in [3.05, 3.63) is 80.7 Å². The molecule has 0 atom stereocenters. The summed E-state index contributed by atoms with van der Waals surface area (Å²) < 4.78 is 0. The molecule has 2 aromatic carbocycles. The number of rotatable bonds is 3. The number of carbonyl (C=O) groups is 1. The molecule has 1 aliphatic rings. The first-order valence-corrected chi connectivity index (χ1v) is 9.07. The van der Waals surface area contributed by atoms with E-state index >= 15 is 0 Å². The Bertz CT molecular complexity index is 905. The zero-order chi connectivity index (χ0) is 17.8. The number of nitrogens with zero attached hydrogens (tertiary/aromatic N) is 1. The summed E-state index contributed by atoms with van der Waals surface area (Å²) in [5.74, 6) is -0.178. The van der Waals surface area contributed by atoms with E-state index in [9.17, 15) is 4.79 Å². The van der Waals surface area contributed by atoms with Gasteiger partial charge in [-0.05, 0) is 48.0 Å². The summed E-state index contributed by atoms with van der Waals surface area (Å²) in [6.07, 6.45) is 3.86. The number of nitrogens with one attached hydrogen (secondary N) is 1. The van der Waals surface area contributed by atoms with E-state index in [2.05, 4.69) is 10.3 Å². The van der Waals surface area contributed by atoms with Crippen molar-refractivity contribution in [2.45, 2.75) is 6.92 Å². The number of allylic oxidation sites excluding steroid dienone is 2. The fourth-order valence-electron chi connectivity index (χ4n) is 2.23. The van der Waals surface area contributed by atoms with Crippen LogP contribution in [-0.4, -0.2) is 11.1 Å². The zero-order valence-corrected chi connectivity index (χ0v) is 15.6. The highest BCUT2D eigenvalue weighted by Gasteiger charge is 2.24. The Morgan fingerprint density at radius 1 is 1.12 bits per heavy atom. The molecule has 1 N–H and O–H groups in total. The Balaban J connectivity index is 1.81. The molecule has 0 aliphatic carbocycles. The lowest BCUT2D eigenvalue weighted by atomic mass is 10.1. The molecule has 1 fully saturated rings. The highest BCUT2D eigenvalue weighted by atomic mass is 35.5. The SMILES string of the molecule is CC(=C/c1ccccc1)/C=C1\SC(=Nc2cccc(Cl)c2Cl)NC1=O. The first-order chi connectivity index (χ1) is 12.0. The molecule has 0 spiro atoms. The van der Waals surface area contributed by atoms with E-state index in [1.807, 2.05) is 49.4 Å². The Hall–Kier alpha value is -2.01. The largest absolute Gasteiger partial charge is 0.300 e. The summed E-state index contributed by atoms with van der Waals surface area (Å²) in [6, 6.07) is 15.1. The van der Waals surface area contributed by atoms with Crippen LogP contribution in [0, 0.1) is 0 Å². The zero-order valence-electron chi connectivity index (χ0n) is 13.3. The summed E-state index contributed by atoms with van der Waals surface area (Å²) in [4.78, 5) is 17.1. The molecule has 126 valence electrons. The number of hydrogen-bond acceptors (Lipinski definition) is 3. The third-order valence-corrected chi connectivity index (χ3v) is 5.08. The number of halogens is 2. The third-order valence-electron chi connectivity index (χ3n) is 3.36. The van der Waals surface area contributed by atoms with Crippen molar-refractivity contribution in [1.82, 2.24) is 5.32 Å². The number of aliphatic imine (C=N–C) groups is 1. The van der Waals surface area contributed by atoms with Gasteiger partial charge in [-0.25, -0.2) is 4.99 Å². The molecule has 1 aliphatic heterocycles. The van der Waals surface area contributed by atoms with Crippen molar-refractivity contribution in [3.63, 3.8) is 0 Å². The van der Waals surface area contributed by atoms with Crippen LogP contribution in [0.3, 0.4) is 0 Å². The van der Waals surface area contributed by atoms with E-state index in [0.717, 1.165) is 11.1 Å². The van der Waals surface area contributed by atoms with Gasteiger partial charge in [0.2, 0.25) is 0 Å². The number of hydrogen-bond donors (Lipinski definition) is 1. The molecule has 0 radical (unpaired) electrons. The van der Waals surface area contributed by atoms with Gasteiger partial charge in [-0.3, -0.25) is 4.79 Å². The maximum Gasteiger partial charge on any atom is 0.264 e. The summed E-state index contributed by atoms with van der Waals surface area (Å²) in [7, 11) is 0. The van der Waals surface area contributed by atoms with Crippen molar-refractivity contribution >= 4 is 57.8 Å².